The second-order valence-corrected chi connectivity index (χ2v) is 32.8. The molecule has 1 aliphatic carbocycles. The predicted octanol–water partition coefficient (Wildman–Crippen LogP) is 10.8. The van der Waals surface area contributed by atoms with E-state index in [1.165, 1.54) is 57.4 Å². The number of unbranched alkanes of at least 4 members (excludes halogenated alkanes) is 3. The topological polar surface area (TPSA) is 44.8 Å². The molecule has 3 atom stereocenters. The number of ether oxygens (including phenoxy) is 2. The average Bonchev–Trinajstić information content (AvgIpc) is 2.91. The molecule has 0 radical (unpaired) electrons. The third kappa shape index (κ3) is 12.3. The van der Waals surface area contributed by atoms with Gasteiger partial charge < -0.3 is 0 Å². The molecule has 42 heavy (non-hydrogen) atoms. The Kier molecular flexibility index (Phi) is 18.3. The first-order valence-electron chi connectivity index (χ1n) is 17.0. The van der Waals surface area contributed by atoms with Gasteiger partial charge in [-0.15, -0.1) is 0 Å². The molecule has 0 spiro atoms. The van der Waals surface area contributed by atoms with Gasteiger partial charge in [0.2, 0.25) is 0 Å². The van der Waals surface area contributed by atoms with Crippen LogP contribution in [0, 0.1) is 11.8 Å². The van der Waals surface area contributed by atoms with Crippen LogP contribution in [0.5, 0.6) is 0 Å². The quantitative estimate of drug-likeness (QED) is 0.0515. The van der Waals surface area contributed by atoms with Crippen LogP contribution in [0.3, 0.4) is 0 Å². The maximum absolute atomic E-state index is 14.2. The van der Waals surface area contributed by atoms with E-state index in [0.717, 1.165) is 25.0 Å². The molecule has 0 unspecified atom stereocenters. The monoisotopic (exact) mass is 712 g/mol. The van der Waals surface area contributed by atoms with Gasteiger partial charge in [-0.3, -0.25) is 0 Å². The van der Waals surface area contributed by atoms with E-state index in [2.05, 4.69) is 87.2 Å². The Hall–Kier alpha value is -0.214. The second kappa shape index (κ2) is 19.3. The van der Waals surface area contributed by atoms with Crippen molar-refractivity contribution in [3.8, 4) is 0 Å². The number of methoxy groups -OCH3 is 1. The molecule has 0 aromatic heterocycles. The van der Waals surface area contributed by atoms with E-state index in [4.69, 9.17) is 13.9 Å². The van der Waals surface area contributed by atoms with Crippen LogP contribution < -0.4 is 0 Å². The Morgan fingerprint density at radius 3 is 2.07 bits per heavy atom. The van der Waals surface area contributed by atoms with E-state index >= 15 is 0 Å². The molecule has 0 aromatic carbocycles. The number of hydrogen-bond donors (Lipinski definition) is 0. The number of allylic oxidation sites excluding steroid dienone is 3. The van der Waals surface area contributed by atoms with Gasteiger partial charge in [0, 0.05) is 0 Å². The van der Waals surface area contributed by atoms with Gasteiger partial charge in [-0.2, -0.15) is 0 Å². The summed E-state index contributed by atoms with van der Waals surface area (Å²) in [4.78, 5) is 14.2. The first-order chi connectivity index (χ1) is 19.7. The van der Waals surface area contributed by atoms with E-state index in [0.29, 0.717) is 6.42 Å². The Morgan fingerprint density at radius 2 is 1.62 bits per heavy atom. The van der Waals surface area contributed by atoms with Gasteiger partial charge in [-0.1, -0.05) is 0 Å². The number of rotatable bonds is 21. The fourth-order valence-corrected chi connectivity index (χ4v) is 24.3. The minimum absolute atomic E-state index is 0.0858. The molecule has 0 heterocycles. The molecule has 0 aromatic rings. The fourth-order valence-electron chi connectivity index (χ4n) is 6.38. The minimum atomic E-state index is -2.84. The molecule has 244 valence electrons. The van der Waals surface area contributed by atoms with Crippen LogP contribution >= 0.6 is 0 Å². The summed E-state index contributed by atoms with van der Waals surface area (Å²) >= 11 is -2.84. The Bertz CT molecular complexity index is 864. The van der Waals surface area contributed by atoms with Crippen molar-refractivity contribution in [1.29, 1.82) is 0 Å². The number of hydrogen-bond acceptors (Lipinski definition) is 4. The van der Waals surface area contributed by atoms with Gasteiger partial charge in [0.1, 0.15) is 0 Å². The normalized spacial score (nSPS) is 20.5. The van der Waals surface area contributed by atoms with Crippen molar-refractivity contribution in [3.63, 3.8) is 0 Å². The SMILES string of the molecule is C=C(C)[C@@H]1CC=C(C)[C@H](OCOC)[C@H]1CC(=O)/C=[C](\CCO[Si](C)(C)C(C)(C)C)[Sn]([CH2]CCC)([CH2]CCC)[CH2]CCC. The standard InChI is InChI=1S/C24H41O4Si.3C4H9.Sn/c1-18(2)21-14-13-19(3)23(27-17-26-7)22(21)16-20(25)12-10-11-15-28-29(8,9)24(4,5)6;3*1-3-4-2;/h12-13,21-23H,1,11,14-17H2,2-9H3;3*1,3-4H2,2H3;/t21-,22-,23-;;;;/m0..../s1. The summed E-state index contributed by atoms with van der Waals surface area (Å²) in [5, 5.41) is 0.181. The van der Waals surface area contributed by atoms with Crippen LogP contribution in [-0.4, -0.2) is 59.1 Å². The summed E-state index contributed by atoms with van der Waals surface area (Å²) in [5.41, 5.74) is 2.34. The van der Waals surface area contributed by atoms with E-state index in [1.807, 2.05) is 0 Å². The third-order valence-corrected chi connectivity index (χ3v) is 30.9. The fraction of sp³-hybridized carbons (Fsp3) is 0.806. The summed E-state index contributed by atoms with van der Waals surface area (Å²) in [7, 11) is -0.205. The Labute approximate surface area is 266 Å². The molecular weight excluding hydrogens is 643 g/mol. The maximum atomic E-state index is 14.2. The van der Waals surface area contributed by atoms with Gasteiger partial charge in [-0.25, -0.2) is 0 Å². The first kappa shape index (κ1) is 39.8. The molecule has 6 heteroatoms. The molecule has 4 nitrogen and oxygen atoms in total. The number of carbonyl (C=O) groups is 1. The van der Waals surface area contributed by atoms with Gasteiger partial charge in [-0.05, 0) is 0 Å². The third-order valence-electron chi connectivity index (χ3n) is 10.2. The second-order valence-electron chi connectivity index (χ2n) is 14.6. The van der Waals surface area contributed by atoms with Gasteiger partial charge in [0.25, 0.3) is 0 Å². The van der Waals surface area contributed by atoms with Crippen LogP contribution in [0.1, 0.15) is 113 Å². The van der Waals surface area contributed by atoms with Crippen molar-refractivity contribution in [2.45, 2.75) is 151 Å². The molecular formula is C36H68O4SiSn. The van der Waals surface area contributed by atoms with Gasteiger partial charge >= 0.3 is 268 Å². The van der Waals surface area contributed by atoms with Crippen LogP contribution in [-0.2, 0) is 18.7 Å². The predicted molar refractivity (Wildman–Crippen MR) is 187 cm³/mol. The van der Waals surface area contributed by atoms with Crippen molar-refractivity contribution in [2.75, 3.05) is 20.5 Å². The molecule has 0 amide bonds. The molecule has 0 saturated heterocycles. The van der Waals surface area contributed by atoms with Crippen molar-refractivity contribution in [1.82, 2.24) is 0 Å². The zero-order chi connectivity index (χ0) is 32.0. The van der Waals surface area contributed by atoms with Crippen LogP contribution in [0.2, 0.25) is 31.4 Å². The van der Waals surface area contributed by atoms with Crippen LogP contribution in [0.15, 0.2) is 33.5 Å². The molecule has 1 aliphatic rings. The Balaban J connectivity index is 3.53. The number of carbonyl (C=O) groups excluding carboxylic acids is 1. The van der Waals surface area contributed by atoms with Gasteiger partial charge in [0.05, 0.1) is 0 Å². The van der Waals surface area contributed by atoms with Crippen molar-refractivity contribution in [2.24, 2.45) is 11.8 Å². The molecule has 0 aliphatic heterocycles. The average molecular weight is 712 g/mol. The van der Waals surface area contributed by atoms with Gasteiger partial charge in [0.15, 0.2) is 0 Å². The van der Waals surface area contributed by atoms with Crippen molar-refractivity contribution in [3.05, 3.63) is 33.5 Å². The zero-order valence-corrected chi connectivity index (χ0v) is 33.5. The van der Waals surface area contributed by atoms with Crippen molar-refractivity contribution < 1.29 is 18.7 Å². The molecule has 1 rings (SSSR count). The summed E-state index contributed by atoms with van der Waals surface area (Å²) in [6, 6.07) is 0. The summed E-state index contributed by atoms with van der Waals surface area (Å²) in [6.45, 7) is 28.1. The first-order valence-corrected chi connectivity index (χ1v) is 27.4. The van der Waals surface area contributed by atoms with Crippen LogP contribution in [0.25, 0.3) is 0 Å². The van der Waals surface area contributed by atoms with E-state index in [9.17, 15) is 4.79 Å². The van der Waals surface area contributed by atoms with Crippen molar-refractivity contribution >= 4 is 32.5 Å². The summed E-state index contributed by atoms with van der Waals surface area (Å²) in [6.07, 6.45) is 14.2. The summed E-state index contributed by atoms with van der Waals surface area (Å²) < 4.78 is 23.9. The van der Waals surface area contributed by atoms with Crippen LogP contribution in [0.4, 0.5) is 0 Å². The molecule has 0 N–H and O–H groups in total. The Morgan fingerprint density at radius 1 is 1.07 bits per heavy atom. The number of ketones is 1. The van der Waals surface area contributed by atoms with E-state index < -0.39 is 26.7 Å². The molecule has 0 fully saturated rings. The van der Waals surface area contributed by atoms with E-state index in [1.54, 1.807) is 10.7 Å². The summed E-state index contributed by atoms with van der Waals surface area (Å²) in [5.74, 6) is 0.606. The molecule has 0 saturated carbocycles. The van der Waals surface area contributed by atoms with E-state index in [-0.39, 0.29) is 35.6 Å². The zero-order valence-electron chi connectivity index (χ0n) is 29.6. The molecule has 0 bridgehead atoms.